The molecule has 0 amide bonds. The lowest BCUT2D eigenvalue weighted by Crippen LogP contribution is -2.24. The molecule has 3 rings (SSSR count). The minimum atomic E-state index is -0.664. The number of aliphatic hydroxyl groups excluding tert-OH is 1. The first-order chi connectivity index (χ1) is 21.1. The minimum absolute atomic E-state index is 0.0191. The lowest BCUT2D eigenvalue weighted by Gasteiger charge is -2.19. The number of unbranched alkanes of at least 4 members (excludes halogenated alkanes) is 2. The Hall–Kier alpha value is -3.96. The van der Waals surface area contributed by atoms with E-state index >= 15 is 0 Å². The lowest BCUT2D eigenvalue weighted by atomic mass is 9.90. The lowest BCUT2D eigenvalue weighted by molar-refractivity contribution is -0.144. The maximum atomic E-state index is 12.1. The Morgan fingerprint density at radius 1 is 0.795 bits per heavy atom. The van der Waals surface area contributed by atoms with Crippen LogP contribution in [0.25, 0.3) is 22.3 Å². The van der Waals surface area contributed by atoms with Crippen molar-refractivity contribution in [2.45, 2.75) is 73.1 Å². The van der Waals surface area contributed by atoms with E-state index in [1.54, 1.807) is 6.92 Å². The third kappa shape index (κ3) is 9.52. The summed E-state index contributed by atoms with van der Waals surface area (Å²) in [6.45, 7) is 17.1. The molecule has 1 N–H and O–H groups in total. The van der Waals surface area contributed by atoms with Gasteiger partial charge in [0.25, 0.3) is 0 Å². The van der Waals surface area contributed by atoms with Gasteiger partial charge in [0.2, 0.25) is 0 Å². The number of rotatable bonds is 16. The highest BCUT2D eigenvalue weighted by molar-refractivity contribution is 5.88. The Bertz CT molecular complexity index is 1480. The van der Waals surface area contributed by atoms with Crippen LogP contribution in [-0.4, -0.2) is 36.9 Å². The first-order valence-electron chi connectivity index (χ1n) is 15.7. The van der Waals surface area contributed by atoms with Crippen LogP contribution >= 0.6 is 0 Å². The predicted octanol–water partition coefficient (Wildman–Crippen LogP) is 8.30. The summed E-state index contributed by atoms with van der Waals surface area (Å²) in [5, 5.41) is 9.17. The van der Waals surface area contributed by atoms with Gasteiger partial charge in [-0.1, -0.05) is 94.4 Å². The second kappa shape index (κ2) is 16.8. The summed E-state index contributed by atoms with van der Waals surface area (Å²) < 4.78 is 10.7. The van der Waals surface area contributed by atoms with Gasteiger partial charge < -0.3 is 14.6 Å². The monoisotopic (exact) mass is 596 g/mol. The Labute approximate surface area is 263 Å². The largest absolute Gasteiger partial charge is 0.462 e. The van der Waals surface area contributed by atoms with Gasteiger partial charge in [-0.15, -0.1) is 0 Å². The van der Waals surface area contributed by atoms with E-state index in [-0.39, 0.29) is 24.7 Å². The van der Waals surface area contributed by atoms with Crippen molar-refractivity contribution in [2.75, 3.05) is 19.8 Å². The molecule has 0 spiro atoms. The summed E-state index contributed by atoms with van der Waals surface area (Å²) >= 11 is 0. The standard InChI is InChI=1S/C39H48O5/c1-8-10-11-12-33-14-15-35(22-32(33)9-2)37-18-16-34(20-28(37)6)36-17-13-30(19-27(36)5)21-31(24-43-38(41)26(3)4)25-44-39(42)29(7)23-40/h13-20,22,31,40H,3,7-12,21,23-25H2,1-2,4-6H3. The molecule has 0 aliphatic heterocycles. The highest BCUT2D eigenvalue weighted by atomic mass is 16.5. The zero-order valence-corrected chi connectivity index (χ0v) is 27.1. The third-order valence-corrected chi connectivity index (χ3v) is 8.03. The van der Waals surface area contributed by atoms with E-state index in [0.29, 0.717) is 12.0 Å². The van der Waals surface area contributed by atoms with Crippen LogP contribution in [0.4, 0.5) is 0 Å². The van der Waals surface area contributed by atoms with Crippen LogP contribution in [0, 0.1) is 19.8 Å². The molecule has 0 aliphatic carbocycles. The number of esters is 2. The molecule has 0 radical (unpaired) electrons. The summed E-state index contributed by atoms with van der Waals surface area (Å²) in [6.07, 6.45) is 6.47. The number of carbonyl (C=O) groups is 2. The van der Waals surface area contributed by atoms with Crippen LogP contribution in [0.3, 0.4) is 0 Å². The SMILES string of the molecule is C=C(C)C(=O)OCC(COC(=O)C(=C)CO)Cc1ccc(-c2ccc(-c3ccc(CCCCC)c(CC)c3)c(C)c2)c(C)c1. The molecule has 0 saturated heterocycles. The maximum absolute atomic E-state index is 12.1. The van der Waals surface area contributed by atoms with Gasteiger partial charge in [-0.25, -0.2) is 9.59 Å². The van der Waals surface area contributed by atoms with Crippen molar-refractivity contribution in [1.29, 1.82) is 0 Å². The van der Waals surface area contributed by atoms with Crippen LogP contribution in [-0.2, 0) is 38.3 Å². The molecule has 0 bridgehead atoms. The minimum Gasteiger partial charge on any atom is -0.462 e. The van der Waals surface area contributed by atoms with Crippen molar-refractivity contribution in [3.63, 3.8) is 0 Å². The fraction of sp³-hybridized carbons (Fsp3) is 0.385. The van der Waals surface area contributed by atoms with Crippen LogP contribution in [0.1, 0.15) is 67.9 Å². The molecule has 234 valence electrons. The molecule has 3 aromatic carbocycles. The quantitative estimate of drug-likeness (QED) is 0.102. The Kier molecular flexibility index (Phi) is 13.2. The normalized spacial score (nSPS) is 11.6. The average molecular weight is 597 g/mol. The number of carbonyl (C=O) groups excluding carboxylic acids is 2. The van der Waals surface area contributed by atoms with Crippen molar-refractivity contribution in [3.8, 4) is 22.3 Å². The maximum Gasteiger partial charge on any atom is 0.335 e. The predicted molar refractivity (Wildman–Crippen MR) is 180 cm³/mol. The van der Waals surface area contributed by atoms with Crippen LogP contribution in [0.5, 0.6) is 0 Å². The van der Waals surface area contributed by atoms with E-state index in [4.69, 9.17) is 14.6 Å². The van der Waals surface area contributed by atoms with Gasteiger partial charge in [0, 0.05) is 11.5 Å². The fourth-order valence-electron chi connectivity index (χ4n) is 5.44. The average Bonchev–Trinajstić information content (AvgIpc) is 3.01. The molecule has 1 atom stereocenters. The van der Waals surface area contributed by atoms with E-state index in [2.05, 4.69) is 95.5 Å². The van der Waals surface area contributed by atoms with E-state index in [9.17, 15) is 9.59 Å². The van der Waals surface area contributed by atoms with Crippen LogP contribution < -0.4 is 0 Å². The van der Waals surface area contributed by atoms with Gasteiger partial charge in [0.15, 0.2) is 0 Å². The Morgan fingerprint density at radius 2 is 1.41 bits per heavy atom. The van der Waals surface area contributed by atoms with Crippen molar-refractivity contribution < 1.29 is 24.2 Å². The van der Waals surface area contributed by atoms with Crippen molar-refractivity contribution in [2.24, 2.45) is 5.92 Å². The number of hydrogen-bond acceptors (Lipinski definition) is 5. The summed E-state index contributed by atoms with van der Waals surface area (Å²) in [7, 11) is 0. The number of ether oxygens (including phenoxy) is 2. The number of aliphatic hydroxyl groups is 1. The van der Waals surface area contributed by atoms with E-state index in [1.807, 2.05) is 0 Å². The van der Waals surface area contributed by atoms with Crippen molar-refractivity contribution in [3.05, 3.63) is 107 Å². The number of aryl methyl sites for hydroxylation is 4. The van der Waals surface area contributed by atoms with E-state index < -0.39 is 18.5 Å². The fourth-order valence-corrected chi connectivity index (χ4v) is 5.44. The molecule has 3 aromatic rings. The van der Waals surface area contributed by atoms with E-state index in [1.165, 1.54) is 47.1 Å². The molecule has 5 heteroatoms. The first-order valence-corrected chi connectivity index (χ1v) is 15.7. The smallest absolute Gasteiger partial charge is 0.335 e. The Balaban J connectivity index is 1.78. The molecular weight excluding hydrogens is 548 g/mol. The van der Waals surface area contributed by atoms with Crippen LogP contribution in [0.2, 0.25) is 0 Å². The molecular formula is C39H48O5. The molecule has 44 heavy (non-hydrogen) atoms. The molecule has 0 aliphatic rings. The van der Waals surface area contributed by atoms with E-state index in [0.717, 1.165) is 35.1 Å². The summed E-state index contributed by atoms with van der Waals surface area (Å²) in [4.78, 5) is 24.1. The highest BCUT2D eigenvalue weighted by Crippen LogP contribution is 2.32. The third-order valence-electron chi connectivity index (χ3n) is 8.03. The summed E-state index contributed by atoms with van der Waals surface area (Å²) in [5.74, 6) is -1.42. The number of hydrogen-bond donors (Lipinski definition) is 1. The van der Waals surface area contributed by atoms with Crippen molar-refractivity contribution in [1.82, 2.24) is 0 Å². The molecule has 0 aromatic heterocycles. The molecule has 5 nitrogen and oxygen atoms in total. The van der Waals surface area contributed by atoms with Crippen LogP contribution in [0.15, 0.2) is 78.9 Å². The topological polar surface area (TPSA) is 72.8 Å². The number of benzene rings is 3. The van der Waals surface area contributed by atoms with Gasteiger partial charge in [-0.05, 0) is 96.5 Å². The Morgan fingerprint density at radius 3 is 2.00 bits per heavy atom. The summed E-state index contributed by atoms with van der Waals surface area (Å²) in [6, 6.07) is 19.9. The highest BCUT2D eigenvalue weighted by Gasteiger charge is 2.18. The van der Waals surface area contributed by atoms with Gasteiger partial charge in [-0.3, -0.25) is 0 Å². The molecule has 0 saturated carbocycles. The zero-order valence-electron chi connectivity index (χ0n) is 27.1. The van der Waals surface area contributed by atoms with Gasteiger partial charge in [0.05, 0.1) is 25.4 Å². The van der Waals surface area contributed by atoms with Crippen molar-refractivity contribution >= 4 is 11.9 Å². The second-order valence-electron chi connectivity index (χ2n) is 11.8. The molecule has 0 heterocycles. The summed E-state index contributed by atoms with van der Waals surface area (Å²) in [5.41, 5.74) is 11.4. The second-order valence-corrected chi connectivity index (χ2v) is 11.8. The zero-order chi connectivity index (χ0) is 32.2. The first kappa shape index (κ1) is 34.5. The van der Waals surface area contributed by atoms with Gasteiger partial charge in [0.1, 0.15) is 0 Å². The van der Waals surface area contributed by atoms with Gasteiger partial charge in [-0.2, -0.15) is 0 Å². The molecule has 0 fully saturated rings. The molecule has 1 unspecified atom stereocenters. The van der Waals surface area contributed by atoms with Gasteiger partial charge >= 0.3 is 11.9 Å².